The molecule has 0 aliphatic heterocycles. The molecule has 0 saturated carbocycles. The fourth-order valence-electron chi connectivity index (χ4n) is 2.31. The lowest BCUT2D eigenvalue weighted by Gasteiger charge is -2.02. The molecule has 2 aromatic carbocycles. The number of benzene rings is 2. The van der Waals surface area contributed by atoms with E-state index in [2.05, 4.69) is 18.2 Å². The Hall–Kier alpha value is -2.35. The number of fused-ring (bicyclic) bond motifs is 1. The van der Waals surface area contributed by atoms with Crippen molar-refractivity contribution < 1.29 is 9.90 Å². The molecule has 0 amide bonds. The highest BCUT2D eigenvalue weighted by molar-refractivity contribution is 5.92. The molecule has 0 unspecified atom stereocenters. The summed E-state index contributed by atoms with van der Waals surface area (Å²) in [5.74, 6) is -0.869. The summed E-state index contributed by atoms with van der Waals surface area (Å²) >= 11 is 0. The largest absolute Gasteiger partial charge is 0.478 e. The van der Waals surface area contributed by atoms with Gasteiger partial charge in [0, 0.05) is 0 Å². The van der Waals surface area contributed by atoms with Crippen LogP contribution in [0.5, 0.6) is 0 Å². The lowest BCUT2D eigenvalue weighted by Crippen LogP contribution is -1.97. The molecule has 1 aliphatic carbocycles. The van der Waals surface area contributed by atoms with Crippen molar-refractivity contribution in [1.29, 1.82) is 0 Å². The van der Waals surface area contributed by atoms with E-state index in [0.29, 0.717) is 5.56 Å². The number of carboxylic acids is 1. The van der Waals surface area contributed by atoms with E-state index < -0.39 is 5.97 Å². The van der Waals surface area contributed by atoms with Crippen molar-refractivity contribution in [2.75, 3.05) is 0 Å². The minimum atomic E-state index is -0.869. The lowest BCUT2D eigenvalue weighted by molar-refractivity contribution is 0.0697. The van der Waals surface area contributed by atoms with Gasteiger partial charge in [0.2, 0.25) is 0 Å². The van der Waals surface area contributed by atoms with Crippen molar-refractivity contribution in [2.45, 2.75) is 6.42 Å². The Bertz CT molecular complexity index is 639. The van der Waals surface area contributed by atoms with Crippen LogP contribution < -0.4 is 0 Å². The van der Waals surface area contributed by atoms with Gasteiger partial charge in [-0.05, 0) is 40.8 Å². The number of carboxylic acid groups (broad SMARTS) is 1. The molecule has 1 N–H and O–H groups in total. The first-order valence-corrected chi connectivity index (χ1v) is 5.86. The maximum Gasteiger partial charge on any atom is 0.335 e. The third-order valence-corrected chi connectivity index (χ3v) is 3.25. The summed E-state index contributed by atoms with van der Waals surface area (Å²) in [6.45, 7) is 0. The van der Waals surface area contributed by atoms with Crippen LogP contribution in [-0.2, 0) is 6.42 Å². The van der Waals surface area contributed by atoms with E-state index in [9.17, 15) is 4.79 Å². The van der Waals surface area contributed by atoms with Crippen LogP contribution in [0, 0.1) is 0 Å². The van der Waals surface area contributed by atoms with Gasteiger partial charge < -0.3 is 5.11 Å². The smallest absolute Gasteiger partial charge is 0.335 e. The van der Waals surface area contributed by atoms with Crippen LogP contribution in [0.15, 0.2) is 48.5 Å². The number of rotatable bonds is 2. The monoisotopic (exact) mass is 236 g/mol. The molecule has 0 radical (unpaired) electrons. The summed E-state index contributed by atoms with van der Waals surface area (Å²) in [6, 6.07) is 15.5. The van der Waals surface area contributed by atoms with Crippen molar-refractivity contribution >= 4 is 17.6 Å². The second-order valence-electron chi connectivity index (χ2n) is 4.43. The van der Waals surface area contributed by atoms with Gasteiger partial charge in [-0.1, -0.05) is 42.5 Å². The van der Waals surface area contributed by atoms with Crippen molar-refractivity contribution in [3.8, 4) is 0 Å². The Morgan fingerprint density at radius 1 is 1.06 bits per heavy atom. The standard InChI is InChI=1S/C16H12O2/c17-16(18)13-7-6-12-8-14(10-15(12)9-13)11-4-2-1-3-5-11/h1-9H,10H2,(H,17,18). The fourth-order valence-corrected chi connectivity index (χ4v) is 2.31. The van der Waals surface area contributed by atoms with Crippen LogP contribution >= 0.6 is 0 Å². The first-order valence-electron chi connectivity index (χ1n) is 5.86. The Morgan fingerprint density at radius 2 is 1.83 bits per heavy atom. The van der Waals surface area contributed by atoms with Gasteiger partial charge in [0.25, 0.3) is 0 Å². The molecule has 2 aromatic rings. The van der Waals surface area contributed by atoms with Crippen LogP contribution in [0.1, 0.15) is 27.0 Å². The predicted octanol–water partition coefficient (Wildman–Crippen LogP) is 3.48. The molecule has 2 nitrogen and oxygen atoms in total. The summed E-state index contributed by atoms with van der Waals surface area (Å²) < 4.78 is 0. The van der Waals surface area contributed by atoms with Crippen molar-refractivity contribution in [2.24, 2.45) is 0 Å². The summed E-state index contributed by atoms with van der Waals surface area (Å²) in [4.78, 5) is 10.9. The van der Waals surface area contributed by atoms with E-state index in [0.717, 1.165) is 17.5 Å². The molecule has 0 atom stereocenters. The summed E-state index contributed by atoms with van der Waals surface area (Å²) in [5.41, 5.74) is 5.02. The van der Waals surface area contributed by atoms with Gasteiger partial charge in [0.05, 0.1) is 5.56 Å². The molecule has 3 rings (SSSR count). The topological polar surface area (TPSA) is 37.3 Å². The molecule has 88 valence electrons. The van der Waals surface area contributed by atoms with E-state index in [4.69, 9.17) is 5.11 Å². The predicted molar refractivity (Wildman–Crippen MR) is 71.4 cm³/mol. The average molecular weight is 236 g/mol. The van der Waals surface area contributed by atoms with Crippen LogP contribution in [-0.4, -0.2) is 11.1 Å². The molecule has 18 heavy (non-hydrogen) atoms. The van der Waals surface area contributed by atoms with Crippen LogP contribution in [0.2, 0.25) is 0 Å². The molecule has 0 heterocycles. The third kappa shape index (κ3) is 1.82. The Morgan fingerprint density at radius 3 is 2.56 bits per heavy atom. The van der Waals surface area contributed by atoms with Crippen LogP contribution in [0.3, 0.4) is 0 Å². The molecule has 0 fully saturated rings. The molecule has 0 bridgehead atoms. The van der Waals surface area contributed by atoms with Gasteiger partial charge in [-0.2, -0.15) is 0 Å². The molecule has 0 aromatic heterocycles. The summed E-state index contributed by atoms with van der Waals surface area (Å²) in [5, 5.41) is 8.98. The average Bonchev–Trinajstić information content (AvgIpc) is 2.82. The van der Waals surface area contributed by atoms with Crippen LogP contribution in [0.4, 0.5) is 0 Å². The molecular formula is C16H12O2. The first-order chi connectivity index (χ1) is 8.74. The highest BCUT2D eigenvalue weighted by Gasteiger charge is 2.15. The van der Waals surface area contributed by atoms with Gasteiger partial charge in [-0.3, -0.25) is 0 Å². The van der Waals surface area contributed by atoms with Crippen molar-refractivity contribution in [3.63, 3.8) is 0 Å². The SMILES string of the molecule is O=C(O)c1ccc2c(c1)CC(c1ccccc1)=C2. The molecule has 1 aliphatic rings. The van der Waals surface area contributed by atoms with Gasteiger partial charge >= 0.3 is 5.97 Å². The zero-order valence-corrected chi connectivity index (χ0v) is 9.76. The zero-order chi connectivity index (χ0) is 12.5. The molecular weight excluding hydrogens is 224 g/mol. The maximum atomic E-state index is 10.9. The Balaban J connectivity index is 1.96. The number of allylic oxidation sites excluding steroid dienone is 1. The molecule has 0 spiro atoms. The maximum absolute atomic E-state index is 10.9. The first kappa shape index (κ1) is 10.8. The second kappa shape index (κ2) is 4.15. The number of carbonyl (C=O) groups is 1. The quantitative estimate of drug-likeness (QED) is 0.866. The lowest BCUT2D eigenvalue weighted by atomic mass is 10.0. The summed E-state index contributed by atoms with van der Waals surface area (Å²) in [7, 11) is 0. The molecule has 0 saturated heterocycles. The Labute approximate surface area is 105 Å². The zero-order valence-electron chi connectivity index (χ0n) is 9.76. The number of hydrogen-bond donors (Lipinski definition) is 1. The van der Waals surface area contributed by atoms with Crippen LogP contribution in [0.25, 0.3) is 11.6 Å². The van der Waals surface area contributed by atoms with E-state index >= 15 is 0 Å². The molecule has 2 heteroatoms. The van der Waals surface area contributed by atoms with Gasteiger partial charge in [0.15, 0.2) is 0 Å². The van der Waals surface area contributed by atoms with Gasteiger partial charge in [0.1, 0.15) is 0 Å². The summed E-state index contributed by atoms with van der Waals surface area (Å²) in [6.07, 6.45) is 2.94. The minimum absolute atomic E-state index is 0.358. The minimum Gasteiger partial charge on any atom is -0.478 e. The van der Waals surface area contributed by atoms with E-state index in [1.165, 1.54) is 11.1 Å². The number of hydrogen-bond acceptors (Lipinski definition) is 1. The van der Waals surface area contributed by atoms with Gasteiger partial charge in [-0.15, -0.1) is 0 Å². The van der Waals surface area contributed by atoms with Crippen molar-refractivity contribution in [3.05, 3.63) is 70.8 Å². The fraction of sp³-hybridized carbons (Fsp3) is 0.0625. The highest BCUT2D eigenvalue weighted by Crippen LogP contribution is 2.31. The van der Waals surface area contributed by atoms with Gasteiger partial charge in [-0.25, -0.2) is 4.79 Å². The normalized spacial score (nSPS) is 13.0. The Kier molecular flexibility index (Phi) is 2.49. The van der Waals surface area contributed by atoms with Crippen molar-refractivity contribution in [1.82, 2.24) is 0 Å². The van der Waals surface area contributed by atoms with E-state index in [-0.39, 0.29) is 0 Å². The second-order valence-corrected chi connectivity index (χ2v) is 4.43. The van der Waals surface area contributed by atoms with E-state index in [1.54, 1.807) is 12.1 Å². The third-order valence-electron chi connectivity index (χ3n) is 3.25. The number of aromatic carboxylic acids is 1. The van der Waals surface area contributed by atoms with E-state index in [1.807, 2.05) is 24.3 Å². The highest BCUT2D eigenvalue weighted by atomic mass is 16.4.